The van der Waals surface area contributed by atoms with Gasteiger partial charge < -0.3 is 5.73 Å². The molecule has 0 aromatic carbocycles. The molecule has 1 aliphatic rings. The van der Waals surface area contributed by atoms with Crippen LogP contribution in [0, 0.1) is 5.92 Å². The van der Waals surface area contributed by atoms with Gasteiger partial charge in [0.2, 0.25) is 0 Å². The highest BCUT2D eigenvalue weighted by atomic mass is 16.5. The Balaban J connectivity index is 2.21. The number of amides is 2. The van der Waals surface area contributed by atoms with Gasteiger partial charge in [-0.1, -0.05) is 26.2 Å². The molecule has 6 nitrogen and oxygen atoms in total. The number of nitrogens with two attached hydrogens (primary N) is 1. The fourth-order valence-corrected chi connectivity index (χ4v) is 2.36. The zero-order valence-corrected chi connectivity index (χ0v) is 12.0. The summed E-state index contributed by atoms with van der Waals surface area (Å²) in [5.41, 5.74) is 5.93. The lowest BCUT2D eigenvalue weighted by molar-refractivity contribution is -0.172. The van der Waals surface area contributed by atoms with Crippen LogP contribution in [0.3, 0.4) is 0 Å². The molecular formula is C14H24N2O4. The average Bonchev–Trinajstić information content (AvgIpc) is 2.68. The van der Waals surface area contributed by atoms with Gasteiger partial charge in [-0.05, 0) is 19.3 Å². The molecule has 2 atom stereocenters. The molecule has 1 heterocycles. The predicted molar refractivity (Wildman–Crippen MR) is 72.7 cm³/mol. The first-order valence-corrected chi connectivity index (χ1v) is 7.31. The standard InChI is InChI=1S/C14H24N2O4/c1-2-3-6-10(15)7-4-5-8-12(17)11-9-13(18)16(20)14(11)19/h10-11,20H,2-9,15H2,1H3. The van der Waals surface area contributed by atoms with Crippen LogP contribution in [-0.4, -0.2) is 33.9 Å². The highest BCUT2D eigenvalue weighted by Crippen LogP contribution is 2.21. The summed E-state index contributed by atoms with van der Waals surface area (Å²) in [4.78, 5) is 34.4. The number of hydroxylamine groups is 2. The molecule has 0 aliphatic carbocycles. The van der Waals surface area contributed by atoms with Gasteiger partial charge in [0.05, 0.1) is 0 Å². The van der Waals surface area contributed by atoms with Crippen molar-refractivity contribution >= 4 is 17.6 Å². The van der Waals surface area contributed by atoms with Gasteiger partial charge in [0.25, 0.3) is 11.8 Å². The van der Waals surface area contributed by atoms with Crippen LogP contribution in [0.1, 0.15) is 58.3 Å². The molecule has 0 saturated carbocycles. The van der Waals surface area contributed by atoms with Crippen LogP contribution in [0.2, 0.25) is 0 Å². The second-order valence-corrected chi connectivity index (χ2v) is 5.41. The van der Waals surface area contributed by atoms with E-state index in [1.54, 1.807) is 0 Å². The normalized spacial score (nSPS) is 20.6. The molecule has 0 radical (unpaired) electrons. The molecule has 1 aliphatic heterocycles. The van der Waals surface area contributed by atoms with Gasteiger partial charge in [0.15, 0.2) is 0 Å². The first-order valence-electron chi connectivity index (χ1n) is 7.31. The number of hydrogen-bond donors (Lipinski definition) is 2. The van der Waals surface area contributed by atoms with E-state index in [1.807, 2.05) is 0 Å². The molecule has 2 amide bonds. The Morgan fingerprint density at radius 1 is 1.35 bits per heavy atom. The quantitative estimate of drug-likeness (QED) is 0.288. The SMILES string of the molecule is CCCCC(N)CCCCC(=O)C1CC(=O)N(O)C1=O. The zero-order chi connectivity index (χ0) is 15.1. The van der Waals surface area contributed by atoms with Gasteiger partial charge in [-0.2, -0.15) is 5.06 Å². The Labute approximate surface area is 119 Å². The van der Waals surface area contributed by atoms with E-state index in [-0.39, 0.29) is 29.7 Å². The fourth-order valence-electron chi connectivity index (χ4n) is 2.36. The summed E-state index contributed by atoms with van der Waals surface area (Å²) in [5, 5.41) is 9.14. The lowest BCUT2D eigenvalue weighted by atomic mass is 9.96. The van der Waals surface area contributed by atoms with Crippen molar-refractivity contribution in [1.82, 2.24) is 5.06 Å². The van der Waals surface area contributed by atoms with E-state index in [4.69, 9.17) is 10.9 Å². The van der Waals surface area contributed by atoms with Gasteiger partial charge in [0.1, 0.15) is 11.7 Å². The van der Waals surface area contributed by atoms with E-state index in [1.165, 1.54) is 0 Å². The van der Waals surface area contributed by atoms with Crippen molar-refractivity contribution in [2.45, 2.75) is 64.3 Å². The number of hydrogen-bond acceptors (Lipinski definition) is 5. The smallest absolute Gasteiger partial charge is 0.264 e. The van der Waals surface area contributed by atoms with Crippen molar-refractivity contribution in [1.29, 1.82) is 0 Å². The van der Waals surface area contributed by atoms with Crippen molar-refractivity contribution in [3.63, 3.8) is 0 Å². The minimum absolute atomic E-state index is 0.0588. The summed E-state index contributed by atoms with van der Waals surface area (Å²) in [6.07, 6.45) is 5.68. The molecule has 3 N–H and O–H groups in total. The molecule has 20 heavy (non-hydrogen) atoms. The maximum atomic E-state index is 11.8. The molecule has 2 unspecified atom stereocenters. The number of Topliss-reactive ketones (excluding diaryl/α,β-unsaturated/α-hetero) is 1. The van der Waals surface area contributed by atoms with Gasteiger partial charge in [-0.25, -0.2) is 0 Å². The molecule has 0 spiro atoms. The molecule has 0 aromatic rings. The summed E-state index contributed by atoms with van der Waals surface area (Å²) in [6.45, 7) is 2.12. The molecule has 1 rings (SSSR count). The summed E-state index contributed by atoms with van der Waals surface area (Å²) < 4.78 is 0. The summed E-state index contributed by atoms with van der Waals surface area (Å²) in [6, 6.07) is 0.174. The number of nitrogens with zero attached hydrogens (tertiary/aromatic N) is 1. The Hall–Kier alpha value is -1.27. The summed E-state index contributed by atoms with van der Waals surface area (Å²) >= 11 is 0. The van der Waals surface area contributed by atoms with Crippen molar-refractivity contribution < 1.29 is 19.6 Å². The van der Waals surface area contributed by atoms with Gasteiger partial charge >= 0.3 is 0 Å². The highest BCUT2D eigenvalue weighted by molar-refractivity contribution is 6.13. The maximum Gasteiger partial charge on any atom is 0.264 e. The highest BCUT2D eigenvalue weighted by Gasteiger charge is 2.41. The molecule has 0 bridgehead atoms. The van der Waals surface area contributed by atoms with Crippen LogP contribution in [0.5, 0.6) is 0 Å². The lowest BCUT2D eigenvalue weighted by Crippen LogP contribution is -2.29. The molecule has 1 saturated heterocycles. The number of rotatable bonds is 9. The molecule has 6 heteroatoms. The topological polar surface area (TPSA) is 101 Å². The van der Waals surface area contributed by atoms with Gasteiger partial charge in [-0.15, -0.1) is 0 Å². The van der Waals surface area contributed by atoms with Crippen molar-refractivity contribution in [2.24, 2.45) is 11.7 Å². The molecule has 0 aromatic heterocycles. The third kappa shape index (κ3) is 4.68. The lowest BCUT2D eigenvalue weighted by Gasteiger charge is -2.11. The van der Waals surface area contributed by atoms with E-state index in [2.05, 4.69) is 6.92 Å². The van der Waals surface area contributed by atoms with E-state index in [0.717, 1.165) is 32.1 Å². The van der Waals surface area contributed by atoms with Crippen molar-refractivity contribution in [3.05, 3.63) is 0 Å². The van der Waals surface area contributed by atoms with Crippen LogP contribution >= 0.6 is 0 Å². The van der Waals surface area contributed by atoms with Crippen molar-refractivity contribution in [3.8, 4) is 0 Å². The van der Waals surface area contributed by atoms with Crippen LogP contribution in [0.25, 0.3) is 0 Å². The minimum atomic E-state index is -0.985. The van der Waals surface area contributed by atoms with Crippen LogP contribution in [-0.2, 0) is 14.4 Å². The number of carbonyl (C=O) groups is 3. The fraction of sp³-hybridized carbons (Fsp3) is 0.786. The monoisotopic (exact) mass is 284 g/mol. The third-order valence-electron chi connectivity index (χ3n) is 3.69. The molecule has 114 valence electrons. The van der Waals surface area contributed by atoms with Crippen LogP contribution < -0.4 is 5.73 Å². The molecular weight excluding hydrogens is 260 g/mol. The van der Waals surface area contributed by atoms with E-state index in [9.17, 15) is 14.4 Å². The Bertz CT molecular complexity index is 370. The number of imide groups is 1. The van der Waals surface area contributed by atoms with Crippen LogP contribution in [0.4, 0.5) is 0 Å². The predicted octanol–water partition coefficient (Wildman–Crippen LogP) is 1.40. The average molecular weight is 284 g/mol. The number of unbranched alkanes of at least 4 members (excludes halogenated alkanes) is 2. The Morgan fingerprint density at radius 2 is 2.00 bits per heavy atom. The largest absolute Gasteiger partial charge is 0.328 e. The summed E-state index contributed by atoms with van der Waals surface area (Å²) in [7, 11) is 0. The first kappa shape index (κ1) is 16.8. The molecule has 1 fully saturated rings. The van der Waals surface area contributed by atoms with Gasteiger partial charge in [0, 0.05) is 18.9 Å². The van der Waals surface area contributed by atoms with E-state index < -0.39 is 17.7 Å². The van der Waals surface area contributed by atoms with E-state index >= 15 is 0 Å². The van der Waals surface area contributed by atoms with Crippen molar-refractivity contribution in [2.75, 3.05) is 0 Å². The van der Waals surface area contributed by atoms with Gasteiger partial charge in [-0.3, -0.25) is 19.6 Å². The van der Waals surface area contributed by atoms with E-state index in [0.29, 0.717) is 6.42 Å². The summed E-state index contributed by atoms with van der Waals surface area (Å²) in [5.74, 6) is -2.74. The second kappa shape index (κ2) is 8.11. The first-order chi connectivity index (χ1) is 9.47. The maximum absolute atomic E-state index is 11.8. The Morgan fingerprint density at radius 3 is 2.55 bits per heavy atom. The zero-order valence-electron chi connectivity index (χ0n) is 12.0. The van der Waals surface area contributed by atoms with Crippen LogP contribution in [0.15, 0.2) is 0 Å². The number of carbonyl (C=O) groups excluding carboxylic acids is 3. The second-order valence-electron chi connectivity index (χ2n) is 5.41. The third-order valence-corrected chi connectivity index (χ3v) is 3.69. The Kier molecular flexibility index (Phi) is 6.81. The number of ketones is 1. The minimum Gasteiger partial charge on any atom is -0.328 e.